The molecule has 1 aliphatic rings. The largest absolute Gasteiger partial charge is 0.491 e. The van der Waals surface area contributed by atoms with Crippen LogP contribution >= 0.6 is 23.4 Å². The first kappa shape index (κ1) is 27.3. The standard InChI is InChI=1S/C26H27ClN2O6S/c1-4-12-34-25(32)20-14-18(8-11-21(20)27)28-23(30)15-29-24(31)22(36-26(29)33)13-17-6-9-19(10-7-17)35-16(3)5-2/h6-11,13-14,16H,4-5,12,15H2,1-3H3,(H,28,30)/b22-13-/t16-/m0/s1. The van der Waals surface area contributed by atoms with E-state index in [9.17, 15) is 19.2 Å². The number of nitrogens with one attached hydrogen (secondary N) is 1. The first-order valence-electron chi connectivity index (χ1n) is 11.5. The number of nitrogens with zero attached hydrogens (tertiary/aromatic N) is 1. The fourth-order valence-electron chi connectivity index (χ4n) is 3.12. The Bertz CT molecular complexity index is 1180. The number of carbonyl (C=O) groups excluding carboxylic acids is 4. The Balaban J connectivity index is 1.64. The average molecular weight is 531 g/mol. The maximum Gasteiger partial charge on any atom is 0.339 e. The van der Waals surface area contributed by atoms with E-state index < -0.39 is 29.6 Å². The summed E-state index contributed by atoms with van der Waals surface area (Å²) in [5.74, 6) is -1.04. The third kappa shape index (κ3) is 7.11. The molecule has 0 unspecified atom stereocenters. The van der Waals surface area contributed by atoms with Gasteiger partial charge in [-0.05, 0) is 73.5 Å². The molecular weight excluding hydrogens is 504 g/mol. The highest BCUT2D eigenvalue weighted by atomic mass is 35.5. The van der Waals surface area contributed by atoms with E-state index in [1.54, 1.807) is 30.3 Å². The molecule has 0 spiro atoms. The van der Waals surface area contributed by atoms with Crippen LogP contribution in [0.2, 0.25) is 5.02 Å². The van der Waals surface area contributed by atoms with Crippen LogP contribution in [0.4, 0.5) is 10.5 Å². The Morgan fingerprint density at radius 1 is 1.14 bits per heavy atom. The number of halogens is 1. The fraction of sp³-hybridized carbons (Fsp3) is 0.308. The van der Waals surface area contributed by atoms with Crippen molar-refractivity contribution in [3.05, 3.63) is 63.5 Å². The summed E-state index contributed by atoms with van der Waals surface area (Å²) in [5.41, 5.74) is 1.12. The van der Waals surface area contributed by atoms with Crippen LogP contribution < -0.4 is 10.1 Å². The van der Waals surface area contributed by atoms with Crippen LogP contribution in [-0.2, 0) is 14.3 Å². The predicted molar refractivity (Wildman–Crippen MR) is 140 cm³/mol. The van der Waals surface area contributed by atoms with E-state index in [-0.39, 0.29) is 33.9 Å². The summed E-state index contributed by atoms with van der Waals surface area (Å²) in [6.45, 7) is 5.65. The number of hydrogen-bond acceptors (Lipinski definition) is 7. The van der Waals surface area contributed by atoms with Crippen LogP contribution in [0.5, 0.6) is 5.75 Å². The molecule has 190 valence electrons. The second kappa shape index (κ2) is 12.6. The van der Waals surface area contributed by atoms with Crippen molar-refractivity contribution in [2.45, 2.75) is 39.7 Å². The van der Waals surface area contributed by atoms with Gasteiger partial charge in [-0.25, -0.2) is 4.79 Å². The number of amides is 3. The molecule has 10 heteroatoms. The number of ether oxygens (including phenoxy) is 2. The molecule has 0 radical (unpaired) electrons. The Kier molecular flexibility index (Phi) is 9.55. The molecule has 1 saturated heterocycles. The number of benzene rings is 2. The highest BCUT2D eigenvalue weighted by Gasteiger charge is 2.36. The van der Waals surface area contributed by atoms with Gasteiger partial charge in [-0.1, -0.05) is 37.6 Å². The van der Waals surface area contributed by atoms with E-state index in [1.807, 2.05) is 20.8 Å². The molecule has 1 heterocycles. The molecule has 0 saturated carbocycles. The SMILES string of the molecule is CCCOC(=O)c1cc(NC(=O)CN2C(=O)S/C(=C\c3ccc(O[C@@H](C)CC)cc3)C2=O)ccc1Cl. The summed E-state index contributed by atoms with van der Waals surface area (Å²) in [6, 6.07) is 11.5. The van der Waals surface area contributed by atoms with E-state index in [4.69, 9.17) is 21.1 Å². The zero-order valence-corrected chi connectivity index (χ0v) is 21.8. The second-order valence-corrected chi connectivity index (χ2v) is 9.45. The van der Waals surface area contributed by atoms with E-state index in [0.29, 0.717) is 6.42 Å². The monoisotopic (exact) mass is 530 g/mol. The zero-order chi connectivity index (χ0) is 26.2. The second-order valence-electron chi connectivity index (χ2n) is 8.05. The summed E-state index contributed by atoms with van der Waals surface area (Å²) in [4.78, 5) is 51.0. The molecular formula is C26H27ClN2O6S. The van der Waals surface area contributed by atoms with Crippen molar-refractivity contribution in [2.75, 3.05) is 18.5 Å². The van der Waals surface area contributed by atoms with Crippen molar-refractivity contribution < 1.29 is 28.7 Å². The van der Waals surface area contributed by atoms with E-state index >= 15 is 0 Å². The molecule has 2 aromatic rings. The lowest BCUT2D eigenvalue weighted by atomic mass is 10.2. The van der Waals surface area contributed by atoms with Gasteiger partial charge in [-0.2, -0.15) is 0 Å². The average Bonchev–Trinajstić information content (AvgIpc) is 3.11. The summed E-state index contributed by atoms with van der Waals surface area (Å²) >= 11 is 6.84. The van der Waals surface area contributed by atoms with Crippen LogP contribution in [-0.4, -0.2) is 47.2 Å². The molecule has 0 aliphatic carbocycles. The minimum atomic E-state index is -0.603. The number of carbonyl (C=O) groups is 4. The van der Waals surface area contributed by atoms with Crippen LogP contribution in [0.25, 0.3) is 6.08 Å². The maximum atomic E-state index is 12.8. The summed E-state index contributed by atoms with van der Waals surface area (Å²) in [6.07, 6.45) is 3.23. The van der Waals surface area contributed by atoms with E-state index in [1.165, 1.54) is 18.2 Å². The van der Waals surface area contributed by atoms with Crippen molar-refractivity contribution >= 4 is 58.1 Å². The molecule has 8 nitrogen and oxygen atoms in total. The molecule has 1 atom stereocenters. The molecule has 1 aliphatic heterocycles. The van der Waals surface area contributed by atoms with Gasteiger partial charge in [0.05, 0.1) is 28.2 Å². The minimum absolute atomic E-state index is 0.0906. The Labute approximate surface area is 219 Å². The predicted octanol–water partition coefficient (Wildman–Crippen LogP) is 5.76. The van der Waals surface area contributed by atoms with Gasteiger partial charge in [0, 0.05) is 5.69 Å². The Hall–Kier alpha value is -3.30. The minimum Gasteiger partial charge on any atom is -0.491 e. The summed E-state index contributed by atoms with van der Waals surface area (Å²) < 4.78 is 10.8. The number of esters is 1. The number of rotatable bonds is 10. The van der Waals surface area contributed by atoms with Gasteiger partial charge < -0.3 is 14.8 Å². The molecule has 36 heavy (non-hydrogen) atoms. The van der Waals surface area contributed by atoms with Gasteiger partial charge in [-0.3, -0.25) is 19.3 Å². The van der Waals surface area contributed by atoms with Crippen molar-refractivity contribution in [1.29, 1.82) is 0 Å². The quantitative estimate of drug-likeness (QED) is 0.308. The lowest BCUT2D eigenvalue weighted by Crippen LogP contribution is -2.36. The highest BCUT2D eigenvalue weighted by molar-refractivity contribution is 8.18. The van der Waals surface area contributed by atoms with Crippen LogP contribution in [0, 0.1) is 0 Å². The van der Waals surface area contributed by atoms with Crippen LogP contribution in [0.1, 0.15) is 49.5 Å². The number of thioether (sulfide) groups is 1. The topological polar surface area (TPSA) is 102 Å². The smallest absolute Gasteiger partial charge is 0.339 e. The number of hydrogen-bond donors (Lipinski definition) is 1. The van der Waals surface area contributed by atoms with E-state index in [0.717, 1.165) is 34.4 Å². The first-order valence-corrected chi connectivity index (χ1v) is 12.7. The molecule has 1 N–H and O–H groups in total. The van der Waals surface area contributed by atoms with Gasteiger partial charge in [0.15, 0.2) is 0 Å². The zero-order valence-electron chi connectivity index (χ0n) is 20.2. The van der Waals surface area contributed by atoms with Crippen LogP contribution in [0.3, 0.4) is 0 Å². The number of anilines is 1. The third-order valence-corrected chi connectivity index (χ3v) is 6.41. The Morgan fingerprint density at radius 3 is 2.53 bits per heavy atom. The van der Waals surface area contributed by atoms with Crippen molar-refractivity contribution in [1.82, 2.24) is 4.90 Å². The molecule has 0 aromatic heterocycles. The first-order chi connectivity index (χ1) is 17.2. The van der Waals surface area contributed by atoms with Gasteiger partial charge in [0.2, 0.25) is 5.91 Å². The van der Waals surface area contributed by atoms with Crippen molar-refractivity contribution in [3.63, 3.8) is 0 Å². The third-order valence-electron chi connectivity index (χ3n) is 5.17. The van der Waals surface area contributed by atoms with Crippen LogP contribution in [0.15, 0.2) is 47.4 Å². The normalized spacial score (nSPS) is 15.2. The molecule has 3 amide bonds. The fourth-order valence-corrected chi connectivity index (χ4v) is 4.16. The maximum absolute atomic E-state index is 12.8. The van der Waals surface area contributed by atoms with Crippen molar-refractivity contribution in [3.8, 4) is 5.75 Å². The highest BCUT2D eigenvalue weighted by Crippen LogP contribution is 2.32. The summed E-state index contributed by atoms with van der Waals surface area (Å²) in [7, 11) is 0. The van der Waals surface area contributed by atoms with Crippen molar-refractivity contribution in [2.24, 2.45) is 0 Å². The lowest BCUT2D eigenvalue weighted by Gasteiger charge is -2.13. The van der Waals surface area contributed by atoms with E-state index in [2.05, 4.69) is 5.32 Å². The van der Waals surface area contributed by atoms with Gasteiger partial charge in [-0.15, -0.1) is 0 Å². The molecule has 2 aromatic carbocycles. The summed E-state index contributed by atoms with van der Waals surface area (Å²) in [5, 5.41) is 2.23. The van der Waals surface area contributed by atoms with Gasteiger partial charge in [0.1, 0.15) is 12.3 Å². The van der Waals surface area contributed by atoms with Gasteiger partial charge in [0.25, 0.3) is 11.1 Å². The molecule has 0 bridgehead atoms. The molecule has 1 fully saturated rings. The molecule has 3 rings (SSSR count). The number of imide groups is 1. The lowest BCUT2D eigenvalue weighted by molar-refractivity contribution is -0.127. The van der Waals surface area contributed by atoms with Gasteiger partial charge >= 0.3 is 5.97 Å². The Morgan fingerprint density at radius 2 is 1.86 bits per heavy atom.